The normalized spacial score (nSPS) is 9.38. The Morgan fingerprint density at radius 1 is 1.38 bits per heavy atom. The first kappa shape index (κ1) is 9.24. The number of hydrogen-bond donors (Lipinski definition) is 0. The summed E-state index contributed by atoms with van der Waals surface area (Å²) in [5.74, 6) is 0.229. The number of nitro groups is 1. The maximum atomic E-state index is 10.4. The molecule has 0 aromatic carbocycles. The van der Waals surface area contributed by atoms with Gasteiger partial charge in [0.05, 0.1) is 19.1 Å². The molecule has 13 heavy (non-hydrogen) atoms. The van der Waals surface area contributed by atoms with Crippen LogP contribution in [-0.4, -0.2) is 24.1 Å². The monoisotopic (exact) mass is 184 g/mol. The topological polar surface area (TPSA) is 74.5 Å². The molecule has 0 saturated heterocycles. The molecule has 6 nitrogen and oxygen atoms in total. The Bertz CT molecular complexity index is 326. The maximum Gasteiger partial charge on any atom is 0.331 e. The summed E-state index contributed by atoms with van der Waals surface area (Å²) in [6.07, 6.45) is 0. The molecule has 0 amide bonds. The van der Waals surface area contributed by atoms with Gasteiger partial charge in [-0.05, 0) is 0 Å². The highest BCUT2D eigenvalue weighted by Gasteiger charge is 2.16. The Morgan fingerprint density at radius 2 is 2.08 bits per heavy atom. The Kier molecular flexibility index (Phi) is 2.63. The van der Waals surface area contributed by atoms with Gasteiger partial charge in [-0.1, -0.05) is 0 Å². The fourth-order valence-corrected chi connectivity index (χ4v) is 0.819. The molecule has 0 N–H and O–H groups in total. The first-order valence-electron chi connectivity index (χ1n) is 3.42. The molecule has 1 aromatic heterocycles. The largest absolute Gasteiger partial charge is 0.481 e. The summed E-state index contributed by atoms with van der Waals surface area (Å²) in [5.41, 5.74) is -0.177. The highest BCUT2D eigenvalue weighted by molar-refractivity contribution is 5.42. The van der Waals surface area contributed by atoms with E-state index in [1.165, 1.54) is 26.4 Å². The molecule has 1 aromatic rings. The van der Waals surface area contributed by atoms with E-state index in [9.17, 15) is 10.1 Å². The molecule has 0 radical (unpaired) electrons. The van der Waals surface area contributed by atoms with E-state index in [0.29, 0.717) is 0 Å². The zero-order chi connectivity index (χ0) is 9.84. The summed E-state index contributed by atoms with van der Waals surface area (Å²) in [4.78, 5) is 13.6. The van der Waals surface area contributed by atoms with Crippen LogP contribution in [0.25, 0.3) is 0 Å². The smallest absolute Gasteiger partial charge is 0.331 e. The van der Waals surface area contributed by atoms with Crippen LogP contribution in [0.15, 0.2) is 12.1 Å². The Morgan fingerprint density at radius 3 is 2.54 bits per heavy atom. The van der Waals surface area contributed by atoms with Crippen LogP contribution in [0.1, 0.15) is 0 Å². The predicted molar refractivity (Wildman–Crippen MR) is 44.0 cm³/mol. The zero-order valence-electron chi connectivity index (χ0n) is 7.18. The number of rotatable bonds is 3. The highest BCUT2D eigenvalue weighted by Crippen LogP contribution is 2.26. The molecule has 0 aliphatic carbocycles. The van der Waals surface area contributed by atoms with Gasteiger partial charge >= 0.3 is 5.69 Å². The average molecular weight is 184 g/mol. The molecule has 0 unspecified atom stereocenters. The quantitative estimate of drug-likeness (QED) is 0.517. The zero-order valence-corrected chi connectivity index (χ0v) is 7.18. The molecule has 1 heterocycles. The highest BCUT2D eigenvalue weighted by atomic mass is 16.6. The van der Waals surface area contributed by atoms with Gasteiger partial charge in [-0.2, -0.15) is 4.98 Å². The lowest BCUT2D eigenvalue weighted by Crippen LogP contribution is -1.97. The standard InChI is InChI=1S/C7H8N2O4/c1-12-6-4-3-5(9(10)11)7(8-6)13-2/h3-4H,1-2H3. The first-order valence-corrected chi connectivity index (χ1v) is 3.42. The van der Waals surface area contributed by atoms with Gasteiger partial charge in [0.25, 0.3) is 5.88 Å². The number of pyridine rings is 1. The van der Waals surface area contributed by atoms with E-state index in [-0.39, 0.29) is 17.4 Å². The Balaban J connectivity index is 3.15. The molecular formula is C7H8N2O4. The minimum absolute atomic E-state index is 0.0515. The molecule has 0 aliphatic heterocycles. The second-order valence-electron chi connectivity index (χ2n) is 2.14. The van der Waals surface area contributed by atoms with Gasteiger partial charge in [0.15, 0.2) is 0 Å². The van der Waals surface area contributed by atoms with E-state index >= 15 is 0 Å². The van der Waals surface area contributed by atoms with E-state index in [1.807, 2.05) is 0 Å². The van der Waals surface area contributed by atoms with Gasteiger partial charge in [0, 0.05) is 12.1 Å². The number of ether oxygens (including phenoxy) is 2. The lowest BCUT2D eigenvalue weighted by molar-refractivity contribution is -0.386. The Hall–Kier alpha value is -1.85. The lowest BCUT2D eigenvalue weighted by Gasteiger charge is -2.02. The van der Waals surface area contributed by atoms with Crippen LogP contribution in [-0.2, 0) is 0 Å². The SMILES string of the molecule is COc1ccc([N+](=O)[O-])c(OC)n1. The average Bonchev–Trinajstić information content (AvgIpc) is 2.16. The van der Waals surface area contributed by atoms with Crippen LogP contribution >= 0.6 is 0 Å². The van der Waals surface area contributed by atoms with Crippen LogP contribution in [0.4, 0.5) is 5.69 Å². The number of methoxy groups -OCH3 is 2. The van der Waals surface area contributed by atoms with Gasteiger partial charge in [0.1, 0.15) is 0 Å². The van der Waals surface area contributed by atoms with Crippen molar-refractivity contribution in [2.75, 3.05) is 14.2 Å². The summed E-state index contributed by atoms with van der Waals surface area (Å²) >= 11 is 0. The third-order valence-electron chi connectivity index (χ3n) is 1.41. The van der Waals surface area contributed by atoms with Crippen molar-refractivity contribution >= 4 is 5.69 Å². The van der Waals surface area contributed by atoms with Crippen molar-refractivity contribution < 1.29 is 14.4 Å². The molecule has 0 spiro atoms. The molecule has 0 atom stereocenters. The first-order chi connectivity index (χ1) is 6.19. The summed E-state index contributed by atoms with van der Waals surface area (Å²) in [6.45, 7) is 0. The molecule has 70 valence electrons. The lowest BCUT2D eigenvalue weighted by atomic mass is 10.4. The third-order valence-corrected chi connectivity index (χ3v) is 1.41. The minimum atomic E-state index is -0.564. The fourth-order valence-electron chi connectivity index (χ4n) is 0.819. The molecule has 0 fully saturated rings. The second kappa shape index (κ2) is 3.70. The molecule has 0 saturated carbocycles. The van der Waals surface area contributed by atoms with Gasteiger partial charge in [-0.25, -0.2) is 0 Å². The molecular weight excluding hydrogens is 176 g/mol. The van der Waals surface area contributed by atoms with E-state index in [2.05, 4.69) is 4.98 Å². The van der Waals surface area contributed by atoms with Crippen LogP contribution in [0.2, 0.25) is 0 Å². The number of nitrogens with zero attached hydrogens (tertiary/aromatic N) is 2. The van der Waals surface area contributed by atoms with Crippen molar-refractivity contribution in [1.82, 2.24) is 4.98 Å². The van der Waals surface area contributed by atoms with Gasteiger partial charge in [0.2, 0.25) is 5.88 Å². The van der Waals surface area contributed by atoms with E-state index in [0.717, 1.165) is 0 Å². The van der Waals surface area contributed by atoms with E-state index in [1.54, 1.807) is 0 Å². The number of hydrogen-bond acceptors (Lipinski definition) is 5. The van der Waals surface area contributed by atoms with Gasteiger partial charge in [-0.15, -0.1) is 0 Å². The Labute approximate surface area is 74.3 Å². The molecule has 0 aliphatic rings. The van der Waals surface area contributed by atoms with Crippen molar-refractivity contribution in [2.24, 2.45) is 0 Å². The van der Waals surface area contributed by atoms with Crippen LogP contribution < -0.4 is 9.47 Å². The van der Waals surface area contributed by atoms with Crippen molar-refractivity contribution in [3.8, 4) is 11.8 Å². The maximum absolute atomic E-state index is 10.4. The van der Waals surface area contributed by atoms with Crippen LogP contribution in [0, 0.1) is 10.1 Å². The molecule has 1 rings (SSSR count). The second-order valence-corrected chi connectivity index (χ2v) is 2.14. The summed E-state index contributed by atoms with van der Waals surface area (Å²) < 4.78 is 9.49. The fraction of sp³-hybridized carbons (Fsp3) is 0.286. The number of aromatic nitrogens is 1. The van der Waals surface area contributed by atoms with Crippen LogP contribution in [0.3, 0.4) is 0 Å². The molecule has 6 heteroatoms. The van der Waals surface area contributed by atoms with Gasteiger partial charge < -0.3 is 9.47 Å². The van der Waals surface area contributed by atoms with Crippen molar-refractivity contribution in [3.05, 3.63) is 22.2 Å². The van der Waals surface area contributed by atoms with E-state index < -0.39 is 4.92 Å². The predicted octanol–water partition coefficient (Wildman–Crippen LogP) is 1.01. The van der Waals surface area contributed by atoms with Crippen molar-refractivity contribution in [3.63, 3.8) is 0 Å². The summed E-state index contributed by atoms with van der Waals surface area (Å²) in [6, 6.07) is 2.69. The minimum Gasteiger partial charge on any atom is -0.481 e. The summed E-state index contributed by atoms with van der Waals surface area (Å²) in [5, 5.41) is 10.4. The summed E-state index contributed by atoms with van der Waals surface area (Å²) in [7, 11) is 2.74. The van der Waals surface area contributed by atoms with Crippen molar-refractivity contribution in [2.45, 2.75) is 0 Å². The van der Waals surface area contributed by atoms with E-state index in [4.69, 9.17) is 9.47 Å². The van der Waals surface area contributed by atoms with Crippen molar-refractivity contribution in [1.29, 1.82) is 0 Å². The van der Waals surface area contributed by atoms with Crippen LogP contribution in [0.5, 0.6) is 11.8 Å². The molecule has 0 bridgehead atoms. The van der Waals surface area contributed by atoms with Gasteiger partial charge in [-0.3, -0.25) is 10.1 Å². The third kappa shape index (κ3) is 1.84.